The minimum Gasteiger partial charge on any atom is -0.462 e. The lowest BCUT2D eigenvalue weighted by molar-refractivity contribution is -0.161. The van der Waals surface area contributed by atoms with E-state index in [1.165, 1.54) is 38.5 Å². The van der Waals surface area contributed by atoms with Gasteiger partial charge in [-0.1, -0.05) is 233 Å². The maximum absolute atomic E-state index is 13.0. The molecule has 528 valence electrons. The Balaban J connectivity index is 5.41. The van der Waals surface area contributed by atoms with Crippen LogP contribution in [0, 0.1) is 0 Å². The van der Waals surface area contributed by atoms with Crippen LogP contribution in [0.15, 0.2) is 109 Å². The molecule has 0 aliphatic heterocycles. The average molecular weight is 1340 g/mol. The highest BCUT2D eigenvalue weighted by Gasteiger charge is 2.30. The van der Waals surface area contributed by atoms with E-state index in [0.717, 1.165) is 154 Å². The van der Waals surface area contributed by atoms with Crippen molar-refractivity contribution in [2.24, 2.45) is 0 Å². The number of phosphoric acid groups is 2. The minimum atomic E-state index is -4.99. The van der Waals surface area contributed by atoms with Crippen LogP contribution in [0.2, 0.25) is 0 Å². The zero-order valence-electron chi connectivity index (χ0n) is 57.2. The highest BCUT2D eigenvalue weighted by atomic mass is 31.2. The van der Waals surface area contributed by atoms with Gasteiger partial charge in [0, 0.05) is 19.3 Å². The zero-order chi connectivity index (χ0) is 67.5. The topological polar surface area (TPSA) is 237 Å². The summed E-state index contributed by atoms with van der Waals surface area (Å²) in [5.41, 5.74) is 0. The third-order valence-electron chi connectivity index (χ3n) is 14.2. The number of unbranched alkanes of at least 4 members (excludes halogenated alkanes) is 22. The summed E-state index contributed by atoms with van der Waals surface area (Å²) in [5, 5.41) is 10.6. The molecule has 3 N–H and O–H groups in total. The third-order valence-corrected chi connectivity index (χ3v) is 16.1. The molecule has 0 aliphatic rings. The standard InChI is InChI=1S/C73H124O17P2/c1-5-9-13-17-21-25-29-32-33-36-39-42-46-50-54-58-71(76)84-64-69(90-73(78)60-56-52-48-44-40-35-31-27-23-19-15-11-7-3)66-88-92(81,82)86-62-67(74)61-85-91(79,80)87-65-68(89-72(77)59-55-51-47-43-37-28-24-20-16-12-8-4)63-83-70(75)57-53-49-45-41-38-34-30-26-22-18-14-10-6-2/h9,13,15,19-21,24-27,30-33,39,42,50,54,67-69,74H,5-8,10-12,14,16-18,22-23,28-29,34-38,40-41,43-49,51-53,55-66H2,1-4H3,(H,79,80)(H,81,82)/b13-9-,19-15-,24-20-,25-21-,30-26-,31-27-,33-32-,42-39-,54-50-. The number of esters is 4. The van der Waals surface area contributed by atoms with Crippen molar-refractivity contribution in [3.05, 3.63) is 109 Å². The van der Waals surface area contributed by atoms with Gasteiger partial charge in [-0.25, -0.2) is 9.13 Å². The molecule has 0 bridgehead atoms. The predicted octanol–water partition coefficient (Wildman–Crippen LogP) is 19.4. The Labute approximate surface area is 556 Å². The fraction of sp³-hybridized carbons (Fsp3) is 0.699. The summed E-state index contributed by atoms with van der Waals surface area (Å²) in [5.74, 6) is -2.36. The van der Waals surface area contributed by atoms with Crippen LogP contribution in [-0.2, 0) is 65.4 Å². The van der Waals surface area contributed by atoms with Crippen molar-refractivity contribution in [1.29, 1.82) is 0 Å². The van der Waals surface area contributed by atoms with E-state index >= 15 is 0 Å². The molecule has 0 radical (unpaired) electrons. The quantitative estimate of drug-likeness (QED) is 0.0169. The highest BCUT2D eigenvalue weighted by Crippen LogP contribution is 2.45. The van der Waals surface area contributed by atoms with Gasteiger partial charge in [0.1, 0.15) is 19.3 Å². The summed E-state index contributed by atoms with van der Waals surface area (Å²) in [6.07, 6.45) is 67.1. The van der Waals surface area contributed by atoms with Crippen LogP contribution >= 0.6 is 15.6 Å². The first-order chi connectivity index (χ1) is 44.7. The SMILES string of the molecule is CC/C=C\C/C=C\C/C=C\C/C=C\C/C=C\CC(=O)OCC(COP(=O)(O)OCC(O)COP(=O)(O)OCC(COC(=O)CCCCCCC/C=C\CCCCCC)OC(=O)CCCCCCC/C=C\CCCC)OC(=O)CCCCCCC/C=C\C/C=C\CCC. The fourth-order valence-corrected chi connectivity index (χ4v) is 10.4. The number of allylic oxidation sites excluding steroid dienone is 17. The van der Waals surface area contributed by atoms with Crippen molar-refractivity contribution in [2.45, 2.75) is 290 Å². The van der Waals surface area contributed by atoms with Crippen molar-refractivity contribution < 1.29 is 80.2 Å². The lowest BCUT2D eigenvalue weighted by Gasteiger charge is -2.21. The number of ether oxygens (including phenoxy) is 4. The number of carbonyl (C=O) groups is 4. The van der Waals surface area contributed by atoms with E-state index in [1.807, 2.05) is 18.2 Å². The van der Waals surface area contributed by atoms with Crippen molar-refractivity contribution in [3.63, 3.8) is 0 Å². The van der Waals surface area contributed by atoms with E-state index in [1.54, 1.807) is 6.08 Å². The molecule has 0 amide bonds. The predicted molar refractivity (Wildman–Crippen MR) is 372 cm³/mol. The van der Waals surface area contributed by atoms with Crippen LogP contribution in [0.25, 0.3) is 0 Å². The zero-order valence-corrected chi connectivity index (χ0v) is 59.0. The molecule has 0 aliphatic carbocycles. The Morgan fingerprint density at radius 1 is 0.326 bits per heavy atom. The van der Waals surface area contributed by atoms with E-state index in [9.17, 15) is 43.2 Å². The van der Waals surface area contributed by atoms with Gasteiger partial charge in [-0.05, 0) is 122 Å². The van der Waals surface area contributed by atoms with Gasteiger partial charge in [0.05, 0.1) is 32.8 Å². The maximum atomic E-state index is 13.0. The molecule has 5 unspecified atom stereocenters. The Bertz CT molecular complexity index is 2180. The fourth-order valence-electron chi connectivity index (χ4n) is 8.83. The molecule has 0 heterocycles. The van der Waals surface area contributed by atoms with E-state index in [0.29, 0.717) is 25.7 Å². The monoisotopic (exact) mass is 1330 g/mol. The number of hydrogen-bond acceptors (Lipinski definition) is 15. The normalized spacial score (nSPS) is 14.7. The van der Waals surface area contributed by atoms with Gasteiger partial charge in [0.15, 0.2) is 12.2 Å². The van der Waals surface area contributed by atoms with E-state index in [2.05, 4.69) is 113 Å². The van der Waals surface area contributed by atoms with Crippen molar-refractivity contribution >= 4 is 39.5 Å². The van der Waals surface area contributed by atoms with Crippen LogP contribution in [0.1, 0.15) is 272 Å². The number of rotatable bonds is 65. The number of hydrogen-bond donors (Lipinski definition) is 3. The van der Waals surface area contributed by atoms with Crippen molar-refractivity contribution in [1.82, 2.24) is 0 Å². The summed E-state index contributed by atoms with van der Waals surface area (Å²) >= 11 is 0. The molecule has 0 saturated carbocycles. The van der Waals surface area contributed by atoms with Crippen LogP contribution in [-0.4, -0.2) is 96.7 Å². The molecule has 17 nitrogen and oxygen atoms in total. The first kappa shape index (κ1) is 87.7. The van der Waals surface area contributed by atoms with Crippen LogP contribution in [0.5, 0.6) is 0 Å². The summed E-state index contributed by atoms with van der Waals surface area (Å²) < 4.78 is 68.0. The van der Waals surface area contributed by atoms with Gasteiger partial charge < -0.3 is 33.8 Å². The Morgan fingerprint density at radius 3 is 1.05 bits per heavy atom. The van der Waals surface area contributed by atoms with Crippen LogP contribution in [0.4, 0.5) is 0 Å². The molecular weight excluding hydrogens is 1210 g/mol. The second-order valence-corrected chi connectivity index (χ2v) is 26.0. The lowest BCUT2D eigenvalue weighted by Crippen LogP contribution is -2.30. The largest absolute Gasteiger partial charge is 0.472 e. The highest BCUT2D eigenvalue weighted by molar-refractivity contribution is 7.47. The summed E-state index contributed by atoms with van der Waals surface area (Å²) in [7, 11) is -9.97. The Hall–Kier alpha value is -4.28. The van der Waals surface area contributed by atoms with Gasteiger partial charge >= 0.3 is 39.5 Å². The lowest BCUT2D eigenvalue weighted by atomic mass is 10.1. The Kier molecular flexibility index (Phi) is 62.3. The second kappa shape index (κ2) is 65.4. The van der Waals surface area contributed by atoms with Gasteiger partial charge in [0.2, 0.25) is 0 Å². The molecule has 0 fully saturated rings. The van der Waals surface area contributed by atoms with Gasteiger partial charge in [-0.3, -0.25) is 37.3 Å². The summed E-state index contributed by atoms with van der Waals surface area (Å²) in [6, 6.07) is 0. The number of phosphoric ester groups is 2. The van der Waals surface area contributed by atoms with Crippen molar-refractivity contribution in [3.8, 4) is 0 Å². The van der Waals surface area contributed by atoms with Gasteiger partial charge in [-0.15, -0.1) is 0 Å². The molecule has 0 aromatic rings. The smallest absolute Gasteiger partial charge is 0.462 e. The molecule has 0 aromatic heterocycles. The molecule has 0 saturated heterocycles. The summed E-state index contributed by atoms with van der Waals surface area (Å²) in [4.78, 5) is 72.4. The second-order valence-electron chi connectivity index (χ2n) is 23.1. The molecule has 0 aromatic carbocycles. The van der Waals surface area contributed by atoms with Gasteiger partial charge in [-0.2, -0.15) is 0 Å². The van der Waals surface area contributed by atoms with E-state index in [-0.39, 0.29) is 25.7 Å². The summed E-state index contributed by atoms with van der Waals surface area (Å²) in [6.45, 7) is 4.46. The maximum Gasteiger partial charge on any atom is 0.472 e. The molecule has 19 heteroatoms. The molecular formula is C73H124O17P2. The first-order valence-electron chi connectivity index (χ1n) is 35.1. The Morgan fingerprint density at radius 2 is 0.641 bits per heavy atom. The van der Waals surface area contributed by atoms with Crippen molar-refractivity contribution in [2.75, 3.05) is 39.6 Å². The first-order valence-corrected chi connectivity index (χ1v) is 38.1. The van der Waals surface area contributed by atoms with Crippen LogP contribution in [0.3, 0.4) is 0 Å². The molecule has 0 rings (SSSR count). The van der Waals surface area contributed by atoms with E-state index < -0.39 is 97.5 Å². The number of aliphatic hydroxyl groups is 1. The molecule has 0 spiro atoms. The number of carbonyl (C=O) groups excluding carboxylic acids is 4. The van der Waals surface area contributed by atoms with Crippen LogP contribution < -0.4 is 0 Å². The number of aliphatic hydroxyl groups excluding tert-OH is 1. The van der Waals surface area contributed by atoms with E-state index in [4.69, 9.17) is 37.0 Å². The molecule has 5 atom stereocenters. The third kappa shape index (κ3) is 64.4. The molecule has 92 heavy (non-hydrogen) atoms. The van der Waals surface area contributed by atoms with Gasteiger partial charge in [0.25, 0.3) is 0 Å². The minimum absolute atomic E-state index is 0.0575. The average Bonchev–Trinajstić information content (AvgIpc) is 2.73.